The fourth-order valence-corrected chi connectivity index (χ4v) is 2.16. The van der Waals surface area contributed by atoms with E-state index in [4.69, 9.17) is 0 Å². The van der Waals surface area contributed by atoms with Gasteiger partial charge in [0.2, 0.25) is 15.9 Å². The normalized spacial score (nSPS) is 11.8. The molecule has 1 rings (SSSR count). The summed E-state index contributed by atoms with van der Waals surface area (Å²) in [4.78, 5) is 22.2. The summed E-state index contributed by atoms with van der Waals surface area (Å²) in [6.07, 6.45) is 0. The van der Waals surface area contributed by atoms with E-state index in [0.29, 0.717) is 0 Å². The summed E-state index contributed by atoms with van der Waals surface area (Å²) >= 11 is 0. The van der Waals surface area contributed by atoms with Crippen LogP contribution in [-0.2, 0) is 14.8 Å². The first-order chi connectivity index (χ1) is 9.44. The first kappa shape index (κ1) is 17.0. The van der Waals surface area contributed by atoms with Crippen molar-refractivity contribution in [3.05, 3.63) is 23.8 Å². The van der Waals surface area contributed by atoms with Gasteiger partial charge in [-0.25, -0.2) is 13.2 Å². The summed E-state index contributed by atoms with van der Waals surface area (Å²) < 4.78 is 25.4. The van der Waals surface area contributed by atoms with Crippen LogP contribution < -0.4 is 10.0 Å². The topological polar surface area (TPSA) is 113 Å². The van der Waals surface area contributed by atoms with Crippen molar-refractivity contribution in [1.29, 1.82) is 0 Å². The van der Waals surface area contributed by atoms with Gasteiger partial charge in [-0.15, -0.1) is 0 Å². The highest BCUT2D eigenvalue weighted by Gasteiger charge is 2.30. The van der Waals surface area contributed by atoms with E-state index in [9.17, 15) is 23.1 Å². The minimum Gasteiger partial charge on any atom is -0.478 e. The van der Waals surface area contributed by atoms with E-state index in [0.717, 1.165) is 0 Å². The van der Waals surface area contributed by atoms with Crippen molar-refractivity contribution in [3.63, 3.8) is 0 Å². The Kier molecular flexibility index (Phi) is 4.62. The van der Waals surface area contributed by atoms with Crippen molar-refractivity contribution in [2.24, 2.45) is 0 Å². The van der Waals surface area contributed by atoms with Gasteiger partial charge in [0, 0.05) is 12.6 Å². The lowest BCUT2D eigenvalue weighted by molar-refractivity contribution is -0.114. The molecule has 1 aromatic rings. The highest BCUT2D eigenvalue weighted by Crippen LogP contribution is 2.25. The first-order valence-electron chi connectivity index (χ1n) is 6.11. The van der Waals surface area contributed by atoms with E-state index < -0.39 is 20.7 Å². The van der Waals surface area contributed by atoms with E-state index in [1.54, 1.807) is 0 Å². The summed E-state index contributed by atoms with van der Waals surface area (Å²) in [6.45, 7) is 5.79. The molecule has 0 heterocycles. The molecule has 0 aliphatic carbocycles. The lowest BCUT2D eigenvalue weighted by Crippen LogP contribution is -2.34. The molecule has 7 nitrogen and oxygen atoms in total. The molecule has 0 radical (unpaired) electrons. The molecule has 0 aliphatic heterocycles. The molecule has 0 aromatic heterocycles. The Hall–Kier alpha value is -2.09. The number of amides is 1. The molecular weight excluding hydrogens is 296 g/mol. The molecule has 21 heavy (non-hydrogen) atoms. The zero-order valence-corrected chi connectivity index (χ0v) is 13.0. The Balaban J connectivity index is 3.26. The minimum absolute atomic E-state index is 0.0495. The first-order valence-corrected chi connectivity index (χ1v) is 7.59. The number of hydrogen-bond donors (Lipinski definition) is 3. The van der Waals surface area contributed by atoms with Crippen LogP contribution >= 0.6 is 0 Å². The fourth-order valence-electron chi connectivity index (χ4n) is 1.39. The molecule has 0 unspecified atom stereocenters. The Labute approximate surface area is 123 Å². The van der Waals surface area contributed by atoms with Crippen LogP contribution in [0.4, 0.5) is 11.4 Å². The van der Waals surface area contributed by atoms with Gasteiger partial charge in [-0.05, 0) is 39.0 Å². The number of carbonyl (C=O) groups excluding carboxylic acids is 1. The Morgan fingerprint density at radius 3 is 2.19 bits per heavy atom. The van der Waals surface area contributed by atoms with E-state index >= 15 is 0 Å². The third kappa shape index (κ3) is 4.19. The van der Waals surface area contributed by atoms with Crippen LogP contribution in [0.1, 0.15) is 38.1 Å². The number of sulfonamides is 1. The average Bonchev–Trinajstić information content (AvgIpc) is 2.28. The number of carbonyl (C=O) groups is 2. The molecule has 0 saturated carbocycles. The molecule has 0 aliphatic rings. The van der Waals surface area contributed by atoms with Gasteiger partial charge in [0.1, 0.15) is 0 Å². The molecule has 1 amide bonds. The highest BCUT2D eigenvalue weighted by atomic mass is 32.2. The third-order valence-electron chi connectivity index (χ3n) is 2.62. The largest absolute Gasteiger partial charge is 0.478 e. The zero-order valence-electron chi connectivity index (χ0n) is 12.2. The van der Waals surface area contributed by atoms with Gasteiger partial charge in [-0.1, -0.05) is 0 Å². The lowest BCUT2D eigenvalue weighted by Gasteiger charge is -2.21. The van der Waals surface area contributed by atoms with Crippen LogP contribution in [0.2, 0.25) is 0 Å². The second-order valence-corrected chi connectivity index (χ2v) is 7.90. The van der Waals surface area contributed by atoms with Crippen LogP contribution in [0.25, 0.3) is 0 Å². The summed E-state index contributed by atoms with van der Waals surface area (Å²) in [5.41, 5.74) is -0.0146. The van der Waals surface area contributed by atoms with Crippen molar-refractivity contribution in [2.75, 3.05) is 10.0 Å². The summed E-state index contributed by atoms with van der Waals surface area (Å²) in [5.74, 6) is -1.65. The van der Waals surface area contributed by atoms with Crippen LogP contribution in [0, 0.1) is 0 Å². The Bertz CT molecular complexity index is 674. The van der Waals surface area contributed by atoms with Gasteiger partial charge in [0.05, 0.1) is 16.0 Å². The molecule has 0 spiro atoms. The number of carboxylic acid groups (broad SMARTS) is 1. The van der Waals surface area contributed by atoms with Gasteiger partial charge in [0.25, 0.3) is 0 Å². The molecule has 116 valence electrons. The number of hydrogen-bond acceptors (Lipinski definition) is 4. The lowest BCUT2D eigenvalue weighted by atomic mass is 10.1. The van der Waals surface area contributed by atoms with Crippen LogP contribution in [0.3, 0.4) is 0 Å². The van der Waals surface area contributed by atoms with Gasteiger partial charge < -0.3 is 10.4 Å². The van der Waals surface area contributed by atoms with Crippen molar-refractivity contribution in [3.8, 4) is 0 Å². The number of carboxylic acids is 1. The van der Waals surface area contributed by atoms with Gasteiger partial charge in [0.15, 0.2) is 0 Å². The Morgan fingerprint density at radius 2 is 1.76 bits per heavy atom. The highest BCUT2D eigenvalue weighted by molar-refractivity contribution is 7.94. The molecule has 8 heteroatoms. The number of rotatable bonds is 4. The van der Waals surface area contributed by atoms with Gasteiger partial charge in [-0.2, -0.15) is 0 Å². The summed E-state index contributed by atoms with van der Waals surface area (Å²) in [6, 6.07) is 3.93. The molecule has 0 fully saturated rings. The Morgan fingerprint density at radius 1 is 1.19 bits per heavy atom. The predicted molar refractivity (Wildman–Crippen MR) is 80.0 cm³/mol. The maximum atomic E-state index is 12.1. The molecule has 3 N–H and O–H groups in total. The predicted octanol–water partition coefficient (Wildman–Crippen LogP) is 1.88. The molecule has 1 aromatic carbocycles. The van der Waals surface area contributed by atoms with E-state index in [2.05, 4.69) is 10.0 Å². The zero-order chi connectivity index (χ0) is 16.4. The van der Waals surface area contributed by atoms with Crippen LogP contribution in [-0.4, -0.2) is 30.1 Å². The second-order valence-electron chi connectivity index (χ2n) is 5.46. The second kappa shape index (κ2) is 5.72. The monoisotopic (exact) mass is 314 g/mol. The van der Waals surface area contributed by atoms with E-state index in [1.807, 2.05) is 0 Å². The molecule has 0 saturated heterocycles. The van der Waals surface area contributed by atoms with Crippen LogP contribution in [0.5, 0.6) is 0 Å². The summed E-state index contributed by atoms with van der Waals surface area (Å²) in [7, 11) is -3.74. The molecule has 0 atom stereocenters. The van der Waals surface area contributed by atoms with E-state index in [-0.39, 0.29) is 22.8 Å². The van der Waals surface area contributed by atoms with Crippen molar-refractivity contribution < 1.29 is 23.1 Å². The molecular formula is C13H18N2O5S. The SMILES string of the molecule is CC(=O)Nc1ccc(NS(=O)(=O)C(C)(C)C)c(C(=O)O)c1. The number of nitrogens with one attached hydrogen (secondary N) is 2. The fraction of sp³-hybridized carbons (Fsp3) is 0.385. The minimum atomic E-state index is -3.74. The quantitative estimate of drug-likeness (QED) is 0.785. The van der Waals surface area contributed by atoms with E-state index in [1.165, 1.54) is 45.9 Å². The average molecular weight is 314 g/mol. The number of anilines is 2. The van der Waals surface area contributed by atoms with Crippen LogP contribution in [0.15, 0.2) is 18.2 Å². The van der Waals surface area contributed by atoms with Gasteiger partial charge in [-0.3, -0.25) is 9.52 Å². The summed E-state index contributed by atoms with van der Waals surface area (Å²) in [5, 5.41) is 11.6. The van der Waals surface area contributed by atoms with Crippen molar-refractivity contribution in [2.45, 2.75) is 32.4 Å². The number of aromatic carboxylic acids is 1. The number of benzene rings is 1. The third-order valence-corrected chi connectivity index (χ3v) is 4.72. The van der Waals surface area contributed by atoms with Crippen molar-refractivity contribution >= 4 is 33.3 Å². The molecule has 0 bridgehead atoms. The maximum absolute atomic E-state index is 12.1. The smallest absolute Gasteiger partial charge is 0.337 e. The van der Waals surface area contributed by atoms with Gasteiger partial charge >= 0.3 is 5.97 Å². The standard InChI is InChI=1S/C13H18N2O5S/c1-8(16)14-9-5-6-11(10(7-9)12(17)18)15-21(19,20)13(2,3)4/h5-7,15H,1-4H3,(H,14,16)(H,17,18). The maximum Gasteiger partial charge on any atom is 0.337 e. The van der Waals surface area contributed by atoms with Crippen molar-refractivity contribution in [1.82, 2.24) is 0 Å².